The Hall–Kier alpha value is -3.18. The van der Waals surface area contributed by atoms with Crippen molar-refractivity contribution in [3.05, 3.63) is 90.8 Å². The number of hydrogen-bond donors (Lipinski definition) is 0. The fraction of sp³-hybridized carbons (Fsp3) is 0.280. The summed E-state index contributed by atoms with van der Waals surface area (Å²) in [6.07, 6.45) is 11.2. The van der Waals surface area contributed by atoms with Gasteiger partial charge in [0.15, 0.2) is 0 Å². The zero-order valence-electron chi connectivity index (χ0n) is 17.4. The van der Waals surface area contributed by atoms with Gasteiger partial charge in [0.25, 0.3) is 0 Å². The van der Waals surface area contributed by atoms with E-state index in [1.165, 1.54) is 34.5 Å². The Labute approximate surface area is 178 Å². The normalized spacial score (nSPS) is 19.0. The van der Waals surface area contributed by atoms with E-state index in [0.717, 1.165) is 26.3 Å². The van der Waals surface area contributed by atoms with Gasteiger partial charge in [0, 0.05) is 62.4 Å². The van der Waals surface area contributed by atoms with Crippen LogP contribution in [0.5, 0.6) is 0 Å². The van der Waals surface area contributed by atoms with Gasteiger partial charge in [-0.1, -0.05) is 18.2 Å². The highest BCUT2D eigenvalue weighted by Crippen LogP contribution is 2.27. The van der Waals surface area contributed by atoms with Crippen LogP contribution in [0, 0.1) is 6.92 Å². The van der Waals surface area contributed by atoms with E-state index >= 15 is 0 Å². The minimum atomic E-state index is 0.561. The number of benzene rings is 1. The SMILES string of the molecule is Cc1cccnc1CN1CC[C@H](N2C=CN(c3ccc(-c4ccncc4)cc3)C2)C1. The number of aryl methyl sites for hydroxylation is 1. The highest BCUT2D eigenvalue weighted by molar-refractivity contribution is 5.66. The van der Waals surface area contributed by atoms with E-state index in [2.05, 4.69) is 74.3 Å². The molecule has 1 saturated heterocycles. The first-order valence-electron chi connectivity index (χ1n) is 10.6. The van der Waals surface area contributed by atoms with Crippen molar-refractivity contribution in [1.82, 2.24) is 19.8 Å². The largest absolute Gasteiger partial charge is 0.354 e. The molecular weight excluding hydrogens is 370 g/mol. The number of nitrogens with zero attached hydrogens (tertiary/aromatic N) is 5. The zero-order chi connectivity index (χ0) is 20.3. The minimum absolute atomic E-state index is 0.561. The van der Waals surface area contributed by atoms with Crippen molar-refractivity contribution in [1.29, 1.82) is 0 Å². The third-order valence-corrected chi connectivity index (χ3v) is 6.17. The molecule has 0 saturated carbocycles. The van der Waals surface area contributed by atoms with Gasteiger partial charge in [-0.25, -0.2) is 0 Å². The lowest BCUT2D eigenvalue weighted by molar-refractivity contribution is 0.264. The lowest BCUT2D eigenvalue weighted by atomic mass is 10.1. The maximum atomic E-state index is 4.56. The summed E-state index contributed by atoms with van der Waals surface area (Å²) in [4.78, 5) is 16.0. The molecule has 30 heavy (non-hydrogen) atoms. The first-order valence-corrected chi connectivity index (χ1v) is 10.6. The predicted molar refractivity (Wildman–Crippen MR) is 121 cm³/mol. The molecule has 1 fully saturated rings. The third-order valence-electron chi connectivity index (χ3n) is 6.17. The molecule has 0 spiro atoms. The molecule has 0 unspecified atom stereocenters. The molecule has 152 valence electrons. The fourth-order valence-electron chi connectivity index (χ4n) is 4.35. The lowest BCUT2D eigenvalue weighted by Gasteiger charge is -2.27. The first kappa shape index (κ1) is 18.8. The van der Waals surface area contributed by atoms with E-state index in [9.17, 15) is 0 Å². The van der Waals surface area contributed by atoms with Crippen molar-refractivity contribution in [2.24, 2.45) is 0 Å². The highest BCUT2D eigenvalue weighted by Gasteiger charge is 2.29. The van der Waals surface area contributed by atoms with Crippen LogP contribution in [-0.2, 0) is 6.54 Å². The minimum Gasteiger partial charge on any atom is -0.354 e. The number of hydrogen-bond acceptors (Lipinski definition) is 5. The standard InChI is InChI=1S/C25H27N5/c1-20-3-2-11-27-25(20)18-28-14-10-24(17-28)30-16-15-29(19-30)23-6-4-21(5-7-23)22-8-12-26-13-9-22/h2-9,11-13,15-16,24H,10,14,17-19H2,1H3/t24-/m0/s1. The fourth-order valence-corrected chi connectivity index (χ4v) is 4.35. The summed E-state index contributed by atoms with van der Waals surface area (Å²) in [7, 11) is 0. The Kier molecular flexibility index (Phi) is 5.20. The quantitative estimate of drug-likeness (QED) is 0.642. The van der Waals surface area contributed by atoms with Crippen LogP contribution in [0.1, 0.15) is 17.7 Å². The zero-order valence-corrected chi connectivity index (χ0v) is 17.4. The number of rotatable bonds is 5. The summed E-state index contributed by atoms with van der Waals surface area (Å²) in [6.45, 7) is 6.23. The van der Waals surface area contributed by atoms with Crippen molar-refractivity contribution in [2.45, 2.75) is 25.9 Å². The Morgan fingerprint density at radius 1 is 0.933 bits per heavy atom. The Morgan fingerprint density at radius 2 is 1.73 bits per heavy atom. The maximum absolute atomic E-state index is 4.56. The van der Waals surface area contributed by atoms with E-state index in [1.807, 2.05) is 36.8 Å². The van der Waals surface area contributed by atoms with Crippen LogP contribution in [0.2, 0.25) is 0 Å². The summed E-state index contributed by atoms with van der Waals surface area (Å²) in [5.41, 5.74) is 6.13. The molecule has 1 aromatic carbocycles. The van der Waals surface area contributed by atoms with E-state index in [0.29, 0.717) is 6.04 Å². The smallest absolute Gasteiger partial charge is 0.0945 e. The average Bonchev–Trinajstić information content (AvgIpc) is 3.46. The highest BCUT2D eigenvalue weighted by atomic mass is 15.4. The van der Waals surface area contributed by atoms with Crippen LogP contribution in [-0.4, -0.2) is 45.6 Å². The Morgan fingerprint density at radius 3 is 2.53 bits per heavy atom. The van der Waals surface area contributed by atoms with Crippen LogP contribution in [0.25, 0.3) is 11.1 Å². The summed E-state index contributed by atoms with van der Waals surface area (Å²) in [6, 6.07) is 17.6. The molecule has 2 aliphatic rings. The molecule has 5 heteroatoms. The summed E-state index contributed by atoms with van der Waals surface area (Å²) < 4.78 is 0. The van der Waals surface area contributed by atoms with Crippen molar-refractivity contribution in [3.8, 4) is 11.1 Å². The number of pyridine rings is 2. The van der Waals surface area contributed by atoms with Crippen molar-refractivity contribution in [3.63, 3.8) is 0 Å². The molecule has 3 aromatic rings. The van der Waals surface area contributed by atoms with Crippen LogP contribution < -0.4 is 4.90 Å². The second-order valence-electron chi connectivity index (χ2n) is 8.15. The number of aromatic nitrogens is 2. The molecule has 5 nitrogen and oxygen atoms in total. The molecule has 2 aliphatic heterocycles. The van der Waals surface area contributed by atoms with Gasteiger partial charge in [0.05, 0.1) is 12.4 Å². The monoisotopic (exact) mass is 397 g/mol. The van der Waals surface area contributed by atoms with Gasteiger partial charge in [-0.15, -0.1) is 0 Å². The number of anilines is 1. The lowest BCUT2D eigenvalue weighted by Crippen LogP contribution is -2.36. The van der Waals surface area contributed by atoms with E-state index in [-0.39, 0.29) is 0 Å². The van der Waals surface area contributed by atoms with Crippen LogP contribution in [0.15, 0.2) is 79.5 Å². The van der Waals surface area contributed by atoms with Gasteiger partial charge in [-0.05, 0) is 60.4 Å². The molecule has 0 aliphatic carbocycles. The Bertz CT molecular complexity index is 1020. The molecule has 4 heterocycles. The molecule has 1 atom stereocenters. The summed E-state index contributed by atoms with van der Waals surface area (Å²) in [5.74, 6) is 0. The maximum Gasteiger partial charge on any atom is 0.0945 e. The van der Waals surface area contributed by atoms with Gasteiger partial charge in [-0.2, -0.15) is 0 Å². The van der Waals surface area contributed by atoms with Crippen LogP contribution >= 0.6 is 0 Å². The van der Waals surface area contributed by atoms with Gasteiger partial charge in [0.1, 0.15) is 0 Å². The molecular formula is C25H27N5. The molecule has 0 N–H and O–H groups in total. The topological polar surface area (TPSA) is 35.5 Å². The van der Waals surface area contributed by atoms with E-state index < -0.39 is 0 Å². The van der Waals surface area contributed by atoms with Crippen LogP contribution in [0.4, 0.5) is 5.69 Å². The third kappa shape index (κ3) is 3.94. The van der Waals surface area contributed by atoms with Crippen molar-refractivity contribution >= 4 is 5.69 Å². The second kappa shape index (κ2) is 8.28. The van der Waals surface area contributed by atoms with Gasteiger partial charge >= 0.3 is 0 Å². The first-order chi connectivity index (χ1) is 14.8. The van der Waals surface area contributed by atoms with Gasteiger partial charge in [0.2, 0.25) is 0 Å². The molecule has 0 bridgehead atoms. The second-order valence-corrected chi connectivity index (χ2v) is 8.15. The summed E-state index contributed by atoms with van der Waals surface area (Å²) >= 11 is 0. The Balaban J connectivity index is 1.19. The summed E-state index contributed by atoms with van der Waals surface area (Å²) in [5, 5.41) is 0. The van der Waals surface area contributed by atoms with E-state index in [4.69, 9.17) is 0 Å². The van der Waals surface area contributed by atoms with E-state index in [1.54, 1.807) is 0 Å². The van der Waals surface area contributed by atoms with Crippen molar-refractivity contribution in [2.75, 3.05) is 24.7 Å². The van der Waals surface area contributed by atoms with Crippen molar-refractivity contribution < 1.29 is 0 Å². The molecule has 0 amide bonds. The number of likely N-dealkylation sites (tertiary alicyclic amines) is 1. The predicted octanol–water partition coefficient (Wildman–Crippen LogP) is 4.28. The average molecular weight is 398 g/mol. The molecule has 5 rings (SSSR count). The molecule has 0 radical (unpaired) electrons. The van der Waals surface area contributed by atoms with Gasteiger partial charge < -0.3 is 9.80 Å². The van der Waals surface area contributed by atoms with Crippen LogP contribution in [0.3, 0.4) is 0 Å². The van der Waals surface area contributed by atoms with Gasteiger partial charge in [-0.3, -0.25) is 14.9 Å². The molecule has 2 aromatic heterocycles.